The lowest BCUT2D eigenvalue weighted by Crippen LogP contribution is -2.46. The maximum absolute atomic E-state index is 12.2. The van der Waals surface area contributed by atoms with Gasteiger partial charge < -0.3 is 5.32 Å². The number of nitrogens with one attached hydrogen (secondary N) is 1. The molecule has 1 aromatic carbocycles. The summed E-state index contributed by atoms with van der Waals surface area (Å²) in [5.41, 5.74) is 0.662. The van der Waals surface area contributed by atoms with Crippen LogP contribution in [-0.4, -0.2) is 25.4 Å². The predicted octanol–water partition coefficient (Wildman–Crippen LogP) is 1.63. The second-order valence-electron chi connectivity index (χ2n) is 3.68. The molecule has 0 aromatic heterocycles. The average molecular weight is 238 g/mol. The van der Waals surface area contributed by atoms with E-state index in [4.69, 9.17) is 0 Å². The van der Waals surface area contributed by atoms with Crippen LogP contribution in [-0.2, 0) is 10.0 Å². The Hall–Kier alpha value is -1.33. The number of anilines is 1. The van der Waals surface area contributed by atoms with Gasteiger partial charge in [-0.05, 0) is 19.1 Å². The molecule has 5 heteroatoms. The smallest absolute Gasteiger partial charge is 0.247 e. The average Bonchev–Trinajstić information content (AvgIpc) is 2.24. The number of benzene rings is 1. The fourth-order valence-corrected chi connectivity index (χ4v) is 3.50. The minimum atomic E-state index is -3.39. The highest BCUT2D eigenvalue weighted by molar-refractivity contribution is 7.89. The van der Waals surface area contributed by atoms with Crippen LogP contribution in [0.15, 0.2) is 41.8 Å². The number of fused-ring (bicyclic) bond motifs is 1. The Morgan fingerprint density at radius 2 is 2.19 bits per heavy atom. The van der Waals surface area contributed by atoms with Crippen molar-refractivity contribution in [3.63, 3.8) is 0 Å². The van der Waals surface area contributed by atoms with Crippen molar-refractivity contribution in [1.29, 1.82) is 0 Å². The van der Waals surface area contributed by atoms with E-state index in [1.165, 1.54) is 4.31 Å². The van der Waals surface area contributed by atoms with E-state index in [2.05, 4.69) is 11.9 Å². The highest BCUT2D eigenvalue weighted by Crippen LogP contribution is 2.30. The number of hydrogen-bond donors (Lipinski definition) is 1. The summed E-state index contributed by atoms with van der Waals surface area (Å²) < 4.78 is 25.9. The zero-order valence-corrected chi connectivity index (χ0v) is 9.87. The van der Waals surface area contributed by atoms with Gasteiger partial charge in [0.2, 0.25) is 10.0 Å². The molecule has 1 aliphatic rings. The third-order valence-electron chi connectivity index (χ3n) is 2.58. The number of para-hydroxylation sites is 1. The lowest BCUT2D eigenvalue weighted by Gasteiger charge is -2.34. The van der Waals surface area contributed by atoms with Crippen LogP contribution in [0.4, 0.5) is 5.69 Å². The molecule has 1 heterocycles. The quantitative estimate of drug-likeness (QED) is 0.797. The van der Waals surface area contributed by atoms with E-state index in [9.17, 15) is 8.42 Å². The molecule has 16 heavy (non-hydrogen) atoms. The molecule has 0 saturated heterocycles. The van der Waals surface area contributed by atoms with E-state index >= 15 is 0 Å². The molecule has 4 nitrogen and oxygen atoms in total. The summed E-state index contributed by atoms with van der Waals surface area (Å²) in [6.45, 7) is 5.70. The van der Waals surface area contributed by atoms with Crippen LogP contribution in [0.3, 0.4) is 0 Å². The van der Waals surface area contributed by atoms with Gasteiger partial charge in [-0.2, -0.15) is 4.31 Å². The van der Waals surface area contributed by atoms with Crippen molar-refractivity contribution in [2.75, 3.05) is 11.9 Å². The summed E-state index contributed by atoms with van der Waals surface area (Å²) in [5, 5.41) is 3.15. The summed E-state index contributed by atoms with van der Waals surface area (Å²) in [6.07, 6.45) is 1.34. The first-order valence-corrected chi connectivity index (χ1v) is 6.49. The van der Waals surface area contributed by atoms with E-state index in [0.717, 1.165) is 0 Å². The third kappa shape index (κ3) is 1.62. The number of hydrogen-bond acceptors (Lipinski definition) is 3. The van der Waals surface area contributed by atoms with Crippen molar-refractivity contribution in [3.05, 3.63) is 36.9 Å². The molecular weight excluding hydrogens is 224 g/mol. The number of sulfonamides is 1. The van der Waals surface area contributed by atoms with Crippen LogP contribution in [0.1, 0.15) is 6.92 Å². The zero-order valence-electron chi connectivity index (χ0n) is 9.05. The molecule has 1 N–H and O–H groups in total. The molecular formula is C11H14N2O2S. The Balaban J connectivity index is 2.56. The fraction of sp³-hybridized carbons (Fsp3) is 0.273. The van der Waals surface area contributed by atoms with Gasteiger partial charge in [0.05, 0.1) is 11.9 Å². The zero-order chi connectivity index (χ0) is 11.8. The standard InChI is InChI=1S/C11H14N2O2S/c1-3-8-13-9(2)12-10-6-4-5-7-11(10)16(13,14)15/h3-7,9,12H,1,8H2,2H3. The van der Waals surface area contributed by atoms with Gasteiger partial charge in [0.1, 0.15) is 4.90 Å². The van der Waals surface area contributed by atoms with Gasteiger partial charge in [0.25, 0.3) is 0 Å². The van der Waals surface area contributed by atoms with E-state index < -0.39 is 10.0 Å². The lowest BCUT2D eigenvalue weighted by molar-refractivity contribution is 0.382. The van der Waals surface area contributed by atoms with E-state index in [-0.39, 0.29) is 6.17 Å². The maximum Gasteiger partial charge on any atom is 0.247 e. The molecule has 1 aromatic rings. The first-order chi connectivity index (χ1) is 7.57. The van der Waals surface area contributed by atoms with Crippen molar-refractivity contribution in [3.8, 4) is 0 Å². The van der Waals surface area contributed by atoms with Crippen LogP contribution in [0.25, 0.3) is 0 Å². The highest BCUT2D eigenvalue weighted by Gasteiger charge is 2.34. The van der Waals surface area contributed by atoms with Crippen molar-refractivity contribution in [2.45, 2.75) is 18.0 Å². The Labute approximate surface area is 95.6 Å². The molecule has 0 saturated carbocycles. The second-order valence-corrected chi connectivity index (χ2v) is 5.54. The summed E-state index contributed by atoms with van der Waals surface area (Å²) in [4.78, 5) is 0.329. The molecule has 2 rings (SSSR count). The van der Waals surface area contributed by atoms with Gasteiger partial charge in [-0.25, -0.2) is 8.42 Å². The van der Waals surface area contributed by atoms with Crippen LogP contribution in [0.2, 0.25) is 0 Å². The van der Waals surface area contributed by atoms with Crippen molar-refractivity contribution >= 4 is 15.7 Å². The molecule has 1 atom stereocenters. The van der Waals surface area contributed by atoms with E-state index in [0.29, 0.717) is 17.1 Å². The number of nitrogens with zero attached hydrogens (tertiary/aromatic N) is 1. The van der Waals surface area contributed by atoms with Gasteiger partial charge >= 0.3 is 0 Å². The molecule has 0 amide bonds. The molecule has 86 valence electrons. The van der Waals surface area contributed by atoms with Crippen LogP contribution < -0.4 is 5.32 Å². The Kier molecular flexibility index (Phi) is 2.73. The van der Waals surface area contributed by atoms with Crippen LogP contribution in [0.5, 0.6) is 0 Å². The Morgan fingerprint density at radius 3 is 2.88 bits per heavy atom. The molecule has 0 radical (unpaired) electrons. The van der Waals surface area contributed by atoms with E-state index in [1.807, 2.05) is 13.0 Å². The first kappa shape index (κ1) is 11.2. The van der Waals surface area contributed by atoms with Gasteiger partial charge in [-0.3, -0.25) is 0 Å². The summed E-state index contributed by atoms with van der Waals surface area (Å²) >= 11 is 0. The normalized spacial score (nSPS) is 23.2. The SMILES string of the molecule is C=CCN1C(C)Nc2ccccc2S1(=O)=O. The molecule has 0 fully saturated rings. The van der Waals surface area contributed by atoms with Crippen molar-refractivity contribution in [1.82, 2.24) is 4.31 Å². The van der Waals surface area contributed by atoms with Gasteiger partial charge in [0, 0.05) is 6.54 Å². The maximum atomic E-state index is 12.2. The van der Waals surface area contributed by atoms with Gasteiger partial charge in [-0.15, -0.1) is 6.58 Å². The fourth-order valence-electron chi connectivity index (χ4n) is 1.83. The number of rotatable bonds is 2. The monoisotopic (exact) mass is 238 g/mol. The first-order valence-electron chi connectivity index (χ1n) is 5.05. The Morgan fingerprint density at radius 1 is 1.50 bits per heavy atom. The van der Waals surface area contributed by atoms with Gasteiger partial charge in [0.15, 0.2) is 0 Å². The summed E-state index contributed by atoms with van der Waals surface area (Å²) in [7, 11) is -3.39. The molecule has 0 aliphatic carbocycles. The van der Waals surface area contributed by atoms with Crippen LogP contribution >= 0.6 is 0 Å². The highest BCUT2D eigenvalue weighted by atomic mass is 32.2. The third-order valence-corrected chi connectivity index (χ3v) is 4.57. The second kappa shape index (κ2) is 3.92. The summed E-state index contributed by atoms with van der Waals surface area (Å²) in [5.74, 6) is 0. The molecule has 1 unspecified atom stereocenters. The van der Waals surface area contributed by atoms with Crippen LogP contribution in [0, 0.1) is 0 Å². The van der Waals surface area contributed by atoms with E-state index in [1.54, 1.807) is 24.3 Å². The van der Waals surface area contributed by atoms with Gasteiger partial charge in [-0.1, -0.05) is 18.2 Å². The lowest BCUT2D eigenvalue weighted by atomic mass is 10.3. The summed E-state index contributed by atoms with van der Waals surface area (Å²) in [6, 6.07) is 6.92. The molecule has 0 spiro atoms. The largest absolute Gasteiger partial charge is 0.368 e. The minimum absolute atomic E-state index is 0.252. The molecule has 0 bridgehead atoms. The predicted molar refractivity (Wildman–Crippen MR) is 63.6 cm³/mol. The minimum Gasteiger partial charge on any atom is -0.368 e. The van der Waals surface area contributed by atoms with Crippen molar-refractivity contribution in [2.24, 2.45) is 0 Å². The van der Waals surface area contributed by atoms with Crippen molar-refractivity contribution < 1.29 is 8.42 Å². The molecule has 1 aliphatic heterocycles. The topological polar surface area (TPSA) is 49.4 Å². The Bertz CT molecular complexity index is 510.